The normalized spacial score (nSPS) is 10.5. The third kappa shape index (κ3) is 2.04. The summed E-state index contributed by atoms with van der Waals surface area (Å²) in [5.41, 5.74) is 0.958. The van der Waals surface area contributed by atoms with Gasteiger partial charge in [-0.2, -0.15) is 0 Å². The molecule has 0 bridgehead atoms. The number of hydrogen-bond acceptors (Lipinski definition) is 3. The quantitative estimate of drug-likeness (QED) is 0.787. The number of nitrogens with zero attached hydrogens (tertiary/aromatic N) is 2. The van der Waals surface area contributed by atoms with E-state index in [2.05, 4.69) is 41.8 Å². The van der Waals surface area contributed by atoms with Crippen LogP contribution in [0.25, 0.3) is 10.6 Å². The van der Waals surface area contributed by atoms with E-state index >= 15 is 0 Å². The van der Waals surface area contributed by atoms with E-state index in [9.17, 15) is 0 Å². The maximum atomic E-state index is 4.37. The average molecular weight is 334 g/mol. The fraction of sp³-hybridized carbons (Fsp3) is 0.111. The van der Waals surface area contributed by atoms with Crippen molar-refractivity contribution in [2.45, 2.75) is 6.92 Å². The summed E-state index contributed by atoms with van der Waals surface area (Å²) in [6.45, 7) is 1.89. The Hall–Kier alpha value is -0.260. The van der Waals surface area contributed by atoms with Crippen LogP contribution < -0.4 is 0 Å². The molecule has 2 nitrogen and oxygen atoms in total. The maximum Gasteiger partial charge on any atom is 0.125 e. The summed E-state index contributed by atoms with van der Waals surface area (Å²) in [4.78, 5) is 9.56. The molecule has 0 N–H and O–H groups in total. The Morgan fingerprint density at radius 3 is 2.71 bits per heavy atom. The number of halogens is 2. The summed E-state index contributed by atoms with van der Waals surface area (Å²) in [6, 6.07) is 3.94. The number of hydrogen-bond donors (Lipinski definition) is 0. The first-order valence-electron chi connectivity index (χ1n) is 3.91. The van der Waals surface area contributed by atoms with Crippen molar-refractivity contribution >= 4 is 43.2 Å². The van der Waals surface area contributed by atoms with Crippen molar-refractivity contribution in [1.82, 2.24) is 9.97 Å². The largest absolute Gasteiger partial charge is 0.242 e. The molecule has 5 heteroatoms. The van der Waals surface area contributed by atoms with E-state index in [0.29, 0.717) is 0 Å². The topological polar surface area (TPSA) is 25.8 Å². The molecule has 0 atom stereocenters. The van der Waals surface area contributed by atoms with Crippen molar-refractivity contribution in [1.29, 1.82) is 0 Å². The molecule has 2 rings (SSSR count). The molecular weight excluding hydrogens is 328 g/mol. The Morgan fingerprint density at radius 1 is 1.36 bits per heavy atom. The Labute approximate surface area is 103 Å². The lowest BCUT2D eigenvalue weighted by Gasteiger charge is -1.97. The lowest BCUT2D eigenvalue weighted by atomic mass is 10.3. The second-order valence-corrected chi connectivity index (χ2v) is 6.00. The summed E-state index contributed by atoms with van der Waals surface area (Å²) in [7, 11) is 0. The van der Waals surface area contributed by atoms with Crippen molar-refractivity contribution in [3.05, 3.63) is 32.4 Å². The molecule has 0 radical (unpaired) electrons. The van der Waals surface area contributed by atoms with Crippen molar-refractivity contribution < 1.29 is 0 Å². The molecule has 2 aromatic rings. The molecule has 14 heavy (non-hydrogen) atoms. The summed E-state index contributed by atoms with van der Waals surface area (Å²) in [6.07, 6.45) is 1.78. The van der Waals surface area contributed by atoms with Crippen molar-refractivity contribution in [2.24, 2.45) is 0 Å². The highest BCUT2D eigenvalue weighted by Gasteiger charge is 2.08. The van der Waals surface area contributed by atoms with Crippen LogP contribution in [-0.2, 0) is 0 Å². The first-order chi connectivity index (χ1) is 6.66. The van der Waals surface area contributed by atoms with E-state index in [0.717, 1.165) is 24.7 Å². The zero-order valence-corrected chi connectivity index (χ0v) is 11.3. The van der Waals surface area contributed by atoms with Crippen LogP contribution in [0.5, 0.6) is 0 Å². The van der Waals surface area contributed by atoms with E-state index < -0.39 is 0 Å². The van der Waals surface area contributed by atoms with Crippen molar-refractivity contribution in [3.8, 4) is 10.6 Å². The molecule has 0 saturated heterocycles. The molecule has 0 unspecified atom stereocenters. The van der Waals surface area contributed by atoms with Crippen LogP contribution in [-0.4, -0.2) is 9.97 Å². The molecule has 2 aromatic heterocycles. The first-order valence-corrected chi connectivity index (χ1v) is 6.32. The van der Waals surface area contributed by atoms with E-state index in [4.69, 9.17) is 0 Å². The molecule has 0 saturated carbocycles. The van der Waals surface area contributed by atoms with Crippen LogP contribution in [0.1, 0.15) is 5.82 Å². The highest BCUT2D eigenvalue weighted by molar-refractivity contribution is 9.11. The average Bonchev–Trinajstić information content (AvgIpc) is 2.45. The number of rotatable bonds is 1. The highest BCUT2D eigenvalue weighted by atomic mass is 79.9. The van der Waals surface area contributed by atoms with Crippen LogP contribution in [0.4, 0.5) is 0 Å². The second kappa shape index (κ2) is 4.08. The zero-order valence-electron chi connectivity index (χ0n) is 7.29. The Morgan fingerprint density at radius 2 is 2.14 bits per heavy atom. The number of thiophene rings is 1. The minimum Gasteiger partial charge on any atom is -0.242 e. The third-order valence-electron chi connectivity index (χ3n) is 1.67. The molecule has 0 aliphatic rings. The summed E-state index contributed by atoms with van der Waals surface area (Å²) in [5.74, 6) is 0.791. The maximum absolute atomic E-state index is 4.37. The second-order valence-electron chi connectivity index (χ2n) is 2.72. The van der Waals surface area contributed by atoms with Crippen LogP contribution in [0, 0.1) is 6.92 Å². The van der Waals surface area contributed by atoms with Gasteiger partial charge in [-0.05, 0) is 50.9 Å². The van der Waals surface area contributed by atoms with Gasteiger partial charge in [-0.1, -0.05) is 0 Å². The van der Waals surface area contributed by atoms with Gasteiger partial charge in [-0.15, -0.1) is 11.3 Å². The fourth-order valence-electron chi connectivity index (χ4n) is 1.10. The molecule has 2 heterocycles. The van der Waals surface area contributed by atoms with Gasteiger partial charge < -0.3 is 0 Å². The minimum atomic E-state index is 0.791. The van der Waals surface area contributed by atoms with Crippen molar-refractivity contribution in [3.63, 3.8) is 0 Å². The molecule has 0 aliphatic heterocycles. The Kier molecular flexibility index (Phi) is 2.99. The van der Waals surface area contributed by atoms with Gasteiger partial charge in [-0.25, -0.2) is 9.97 Å². The van der Waals surface area contributed by atoms with Gasteiger partial charge in [0.15, 0.2) is 0 Å². The zero-order chi connectivity index (χ0) is 10.1. The third-order valence-corrected chi connectivity index (χ3v) is 4.21. The lowest BCUT2D eigenvalue weighted by Crippen LogP contribution is -1.87. The molecule has 72 valence electrons. The molecule has 0 spiro atoms. The van der Waals surface area contributed by atoms with Gasteiger partial charge in [0.05, 0.1) is 14.4 Å². The number of aryl methyl sites for hydroxylation is 1. The standard InChI is InChI=1S/C9H6Br2N2S/c1-5-12-3-2-7(13-5)9-6(10)4-8(11)14-9/h2-4H,1H3. The molecule has 0 aliphatic carbocycles. The van der Waals surface area contributed by atoms with Gasteiger partial charge in [0.1, 0.15) is 5.82 Å². The van der Waals surface area contributed by atoms with Gasteiger partial charge in [0, 0.05) is 10.7 Å². The van der Waals surface area contributed by atoms with Gasteiger partial charge in [0.25, 0.3) is 0 Å². The predicted molar refractivity (Wildman–Crippen MR) is 65.5 cm³/mol. The van der Waals surface area contributed by atoms with Crippen LogP contribution in [0.3, 0.4) is 0 Å². The van der Waals surface area contributed by atoms with Crippen LogP contribution in [0.15, 0.2) is 26.6 Å². The summed E-state index contributed by atoms with van der Waals surface area (Å²) >= 11 is 8.60. The molecular formula is C9H6Br2N2S. The van der Waals surface area contributed by atoms with Gasteiger partial charge in [-0.3, -0.25) is 0 Å². The van der Waals surface area contributed by atoms with Crippen LogP contribution >= 0.6 is 43.2 Å². The molecule has 0 amide bonds. The fourth-order valence-corrected chi connectivity index (χ4v) is 3.69. The SMILES string of the molecule is Cc1nccc(-c2sc(Br)cc2Br)n1. The van der Waals surface area contributed by atoms with E-state index in [-0.39, 0.29) is 0 Å². The summed E-state index contributed by atoms with van der Waals surface area (Å²) in [5, 5.41) is 0. The Balaban J connectivity index is 2.54. The summed E-state index contributed by atoms with van der Waals surface area (Å²) < 4.78 is 2.16. The van der Waals surface area contributed by atoms with Crippen LogP contribution in [0.2, 0.25) is 0 Å². The lowest BCUT2D eigenvalue weighted by molar-refractivity contribution is 1.06. The smallest absolute Gasteiger partial charge is 0.125 e. The molecule has 0 fully saturated rings. The predicted octanol–water partition coefficient (Wildman–Crippen LogP) is 4.04. The molecule has 0 aromatic carbocycles. The van der Waals surface area contributed by atoms with E-state index in [1.54, 1.807) is 17.5 Å². The van der Waals surface area contributed by atoms with Crippen molar-refractivity contribution in [2.75, 3.05) is 0 Å². The minimum absolute atomic E-state index is 0.791. The van der Waals surface area contributed by atoms with Gasteiger partial charge >= 0.3 is 0 Å². The Bertz CT molecular complexity index is 468. The first kappa shape index (κ1) is 10.3. The van der Waals surface area contributed by atoms with E-state index in [1.807, 2.05) is 19.1 Å². The highest BCUT2D eigenvalue weighted by Crippen LogP contribution is 2.37. The van der Waals surface area contributed by atoms with E-state index in [1.165, 1.54) is 0 Å². The van der Waals surface area contributed by atoms with Gasteiger partial charge in [0.2, 0.25) is 0 Å². The number of aromatic nitrogens is 2. The monoisotopic (exact) mass is 332 g/mol.